The lowest BCUT2D eigenvalue weighted by atomic mass is 9.93. The highest BCUT2D eigenvalue weighted by molar-refractivity contribution is 7.99. The van der Waals surface area contributed by atoms with Crippen LogP contribution in [0.3, 0.4) is 0 Å². The van der Waals surface area contributed by atoms with Crippen molar-refractivity contribution in [2.45, 2.75) is 25.2 Å². The molecule has 0 amide bonds. The molecule has 0 bridgehead atoms. The van der Waals surface area contributed by atoms with Crippen molar-refractivity contribution in [3.8, 4) is 0 Å². The number of allylic oxidation sites excluding steroid dienone is 2. The average molecular weight is 256 g/mol. The van der Waals surface area contributed by atoms with Crippen molar-refractivity contribution in [3.05, 3.63) is 41.0 Å². The Morgan fingerprint density at radius 2 is 1.78 bits per heavy atom. The molecule has 0 atom stereocenters. The number of rotatable bonds is 0. The maximum Gasteiger partial charge on any atom is 0.164 e. The second kappa shape index (κ2) is 4.13. The van der Waals surface area contributed by atoms with Crippen LogP contribution in [0.15, 0.2) is 29.2 Å². The third-order valence-electron chi connectivity index (χ3n) is 3.46. The summed E-state index contributed by atoms with van der Waals surface area (Å²) in [7, 11) is 0. The number of carbonyl (C=O) groups is 1. The number of hydrogen-bond donors (Lipinski definition) is 0. The van der Waals surface area contributed by atoms with Crippen LogP contribution in [-0.2, 0) is 0 Å². The van der Waals surface area contributed by atoms with Crippen LogP contribution in [0.1, 0.15) is 41.8 Å². The maximum absolute atomic E-state index is 11.9. The van der Waals surface area contributed by atoms with E-state index in [9.17, 15) is 4.79 Å². The second-order valence-corrected chi connectivity index (χ2v) is 6.62. The van der Waals surface area contributed by atoms with Crippen LogP contribution in [0, 0.1) is 5.41 Å². The minimum atomic E-state index is 0.0800. The number of hydrogen-bond acceptors (Lipinski definition) is 2. The molecule has 0 N–H and O–H groups in total. The van der Waals surface area contributed by atoms with Gasteiger partial charge in [-0.2, -0.15) is 0 Å². The van der Waals surface area contributed by atoms with E-state index in [2.05, 4.69) is 50.3 Å². The van der Waals surface area contributed by atoms with E-state index >= 15 is 0 Å². The lowest BCUT2D eigenvalue weighted by Crippen LogP contribution is -2.08. The van der Waals surface area contributed by atoms with Gasteiger partial charge in [0, 0.05) is 28.0 Å². The number of benzene rings is 1. The van der Waals surface area contributed by atoms with Crippen molar-refractivity contribution >= 4 is 29.7 Å². The normalized spacial score (nSPS) is 20.2. The molecule has 0 aromatic heterocycles. The van der Waals surface area contributed by atoms with Crippen molar-refractivity contribution in [2.24, 2.45) is 5.41 Å². The van der Waals surface area contributed by atoms with Crippen molar-refractivity contribution < 1.29 is 4.79 Å². The molecule has 3 rings (SSSR count). The van der Waals surface area contributed by atoms with Crippen LogP contribution in [0.4, 0.5) is 0 Å². The molecular weight excluding hydrogens is 240 g/mol. The summed E-state index contributed by atoms with van der Waals surface area (Å²) in [6.45, 7) is 4.37. The summed E-state index contributed by atoms with van der Waals surface area (Å²) in [6.07, 6.45) is 9.40. The number of Topliss-reactive ketones (excluding diaryl/α,β-unsaturated/α-hetero) is 1. The molecule has 2 aliphatic rings. The first kappa shape index (κ1) is 11.8. The van der Waals surface area contributed by atoms with E-state index in [1.165, 1.54) is 5.56 Å². The van der Waals surface area contributed by atoms with Crippen LogP contribution in [0.25, 0.3) is 12.2 Å². The summed E-state index contributed by atoms with van der Waals surface area (Å²) in [6, 6.07) is 4.22. The summed E-state index contributed by atoms with van der Waals surface area (Å²) in [4.78, 5) is 13.1. The van der Waals surface area contributed by atoms with Gasteiger partial charge in [0.1, 0.15) is 0 Å². The van der Waals surface area contributed by atoms with E-state index < -0.39 is 0 Å². The monoisotopic (exact) mass is 256 g/mol. The summed E-state index contributed by atoms with van der Waals surface area (Å²) < 4.78 is 0. The minimum absolute atomic E-state index is 0.0800. The number of fused-ring (bicyclic) bond motifs is 2. The van der Waals surface area contributed by atoms with E-state index in [1.807, 2.05) is 0 Å². The third kappa shape index (κ3) is 2.05. The molecule has 92 valence electrons. The Balaban J connectivity index is 2.16. The summed E-state index contributed by atoms with van der Waals surface area (Å²) >= 11 is 1.79. The first-order chi connectivity index (χ1) is 8.55. The highest BCUT2D eigenvalue weighted by Crippen LogP contribution is 2.35. The quantitative estimate of drug-likeness (QED) is 0.683. The average Bonchev–Trinajstić information content (AvgIpc) is 2.48. The topological polar surface area (TPSA) is 17.1 Å². The van der Waals surface area contributed by atoms with Gasteiger partial charge in [-0.1, -0.05) is 38.2 Å². The minimum Gasteiger partial charge on any atom is -0.294 e. The van der Waals surface area contributed by atoms with Crippen molar-refractivity contribution in [2.75, 3.05) is 5.75 Å². The van der Waals surface area contributed by atoms with Crippen LogP contribution in [-0.4, -0.2) is 11.5 Å². The van der Waals surface area contributed by atoms with Crippen molar-refractivity contribution in [1.29, 1.82) is 0 Å². The predicted molar refractivity (Wildman–Crippen MR) is 78.0 cm³/mol. The smallest absolute Gasteiger partial charge is 0.164 e. The van der Waals surface area contributed by atoms with Gasteiger partial charge in [0.25, 0.3) is 0 Å². The number of ketones is 1. The molecule has 0 spiro atoms. The standard InChI is InChI=1S/C16H16OS/c1-16(2)6-3-11-9-13-14(17)5-8-18-15(13)10-12(11)4-7-16/h3-4,6-7,9-10H,5,8H2,1-2H3. The fourth-order valence-electron chi connectivity index (χ4n) is 2.29. The molecule has 1 heterocycles. The molecule has 1 aromatic carbocycles. The maximum atomic E-state index is 11.9. The van der Waals surface area contributed by atoms with Crippen LogP contribution in [0.2, 0.25) is 0 Å². The molecule has 1 nitrogen and oxygen atoms in total. The highest BCUT2D eigenvalue weighted by atomic mass is 32.2. The summed E-state index contributed by atoms with van der Waals surface area (Å²) in [5.41, 5.74) is 3.36. The Bertz CT molecular complexity index is 579. The fraction of sp³-hybridized carbons (Fsp3) is 0.312. The van der Waals surface area contributed by atoms with E-state index in [0.29, 0.717) is 6.42 Å². The second-order valence-electron chi connectivity index (χ2n) is 5.49. The zero-order chi connectivity index (χ0) is 12.8. The zero-order valence-electron chi connectivity index (χ0n) is 10.7. The fourth-order valence-corrected chi connectivity index (χ4v) is 3.34. The Hall–Kier alpha value is -1.28. The number of thioether (sulfide) groups is 1. The van der Waals surface area contributed by atoms with Gasteiger partial charge >= 0.3 is 0 Å². The van der Waals surface area contributed by atoms with Gasteiger partial charge in [0.15, 0.2) is 5.78 Å². The molecule has 1 aliphatic carbocycles. The largest absolute Gasteiger partial charge is 0.294 e. The molecule has 1 aromatic rings. The molecule has 0 saturated heterocycles. The first-order valence-corrected chi connectivity index (χ1v) is 7.26. The molecule has 18 heavy (non-hydrogen) atoms. The third-order valence-corrected chi connectivity index (χ3v) is 4.51. The van der Waals surface area contributed by atoms with Crippen molar-refractivity contribution in [3.63, 3.8) is 0 Å². The van der Waals surface area contributed by atoms with Gasteiger partial charge in [0.2, 0.25) is 0 Å². The summed E-state index contributed by atoms with van der Waals surface area (Å²) in [5, 5.41) is 0. The molecular formula is C16H16OS. The van der Waals surface area contributed by atoms with Gasteiger partial charge in [-0.25, -0.2) is 0 Å². The Kier molecular flexibility index (Phi) is 2.70. The SMILES string of the molecule is CC1(C)C=Cc2cc3c(cc2C=C1)C(=O)CCS3. The lowest BCUT2D eigenvalue weighted by molar-refractivity contribution is 0.0985. The molecule has 1 aliphatic heterocycles. The van der Waals surface area contributed by atoms with Gasteiger partial charge in [-0.05, 0) is 23.3 Å². The molecule has 0 radical (unpaired) electrons. The van der Waals surface area contributed by atoms with E-state index in [-0.39, 0.29) is 11.2 Å². The Labute approximate surface area is 112 Å². The Morgan fingerprint density at radius 3 is 2.50 bits per heavy atom. The first-order valence-electron chi connectivity index (χ1n) is 6.28. The van der Waals surface area contributed by atoms with E-state index in [1.54, 1.807) is 11.8 Å². The molecule has 0 unspecified atom stereocenters. The predicted octanol–water partition coefficient (Wildman–Crippen LogP) is 4.43. The van der Waals surface area contributed by atoms with Crippen LogP contribution >= 0.6 is 11.8 Å². The van der Waals surface area contributed by atoms with Gasteiger partial charge in [-0.3, -0.25) is 4.79 Å². The lowest BCUT2D eigenvalue weighted by Gasteiger charge is -2.16. The van der Waals surface area contributed by atoms with Crippen LogP contribution < -0.4 is 0 Å². The number of carbonyl (C=O) groups excluding carboxylic acids is 1. The Morgan fingerprint density at radius 1 is 1.11 bits per heavy atom. The van der Waals surface area contributed by atoms with Gasteiger partial charge in [-0.15, -0.1) is 11.8 Å². The molecule has 0 saturated carbocycles. The highest BCUT2D eigenvalue weighted by Gasteiger charge is 2.20. The zero-order valence-corrected chi connectivity index (χ0v) is 11.5. The van der Waals surface area contributed by atoms with Gasteiger partial charge < -0.3 is 0 Å². The molecule has 0 fully saturated rings. The molecule has 2 heteroatoms. The van der Waals surface area contributed by atoms with Crippen molar-refractivity contribution in [1.82, 2.24) is 0 Å². The summed E-state index contributed by atoms with van der Waals surface area (Å²) in [5.74, 6) is 1.20. The van der Waals surface area contributed by atoms with E-state index in [0.717, 1.165) is 21.8 Å². The van der Waals surface area contributed by atoms with Crippen LogP contribution in [0.5, 0.6) is 0 Å². The van der Waals surface area contributed by atoms with Gasteiger partial charge in [0.05, 0.1) is 0 Å². The van der Waals surface area contributed by atoms with E-state index in [4.69, 9.17) is 0 Å².